The van der Waals surface area contributed by atoms with Gasteiger partial charge < -0.3 is 4.57 Å². The Kier molecular flexibility index (Phi) is 3.81. The fraction of sp³-hybridized carbons (Fsp3) is 0.227. The van der Waals surface area contributed by atoms with Crippen LogP contribution in [0.5, 0.6) is 0 Å². The fourth-order valence-corrected chi connectivity index (χ4v) is 3.78. The first-order valence-corrected chi connectivity index (χ1v) is 8.53. The third-order valence-corrected chi connectivity index (χ3v) is 5.04. The van der Waals surface area contributed by atoms with Gasteiger partial charge >= 0.3 is 0 Å². The summed E-state index contributed by atoms with van der Waals surface area (Å²) in [4.78, 5) is 12.7. The summed E-state index contributed by atoms with van der Waals surface area (Å²) in [6.07, 6.45) is 1.55. The Bertz CT molecular complexity index is 862. The van der Waals surface area contributed by atoms with Crippen LogP contribution in [-0.4, -0.2) is 10.4 Å². The van der Waals surface area contributed by atoms with Crippen LogP contribution in [0.15, 0.2) is 66.7 Å². The zero-order valence-corrected chi connectivity index (χ0v) is 13.9. The number of hydrogen-bond acceptors (Lipinski definition) is 1. The van der Waals surface area contributed by atoms with Gasteiger partial charge in [0.2, 0.25) is 0 Å². The first-order valence-electron chi connectivity index (χ1n) is 8.53. The van der Waals surface area contributed by atoms with Gasteiger partial charge in [-0.05, 0) is 36.5 Å². The van der Waals surface area contributed by atoms with Crippen molar-refractivity contribution in [2.45, 2.75) is 32.2 Å². The van der Waals surface area contributed by atoms with Crippen molar-refractivity contribution in [3.05, 3.63) is 94.8 Å². The molecule has 4 rings (SSSR count). The molecule has 2 heteroatoms. The Hall–Kier alpha value is -2.61. The molecule has 0 N–H and O–H groups in total. The summed E-state index contributed by atoms with van der Waals surface area (Å²) in [5.74, 6) is 0.565. The Morgan fingerprint density at radius 2 is 1.62 bits per heavy atom. The first kappa shape index (κ1) is 14.9. The van der Waals surface area contributed by atoms with E-state index in [1.54, 1.807) is 0 Å². The van der Waals surface area contributed by atoms with E-state index in [1.807, 2.05) is 12.1 Å². The second-order valence-corrected chi connectivity index (χ2v) is 6.66. The normalized spacial score (nSPS) is 16.9. The molecule has 2 nitrogen and oxygen atoms in total. The second kappa shape index (κ2) is 6.12. The minimum atomic E-state index is 0.278. The first-order chi connectivity index (χ1) is 11.7. The smallest absolute Gasteiger partial charge is 0.165 e. The summed E-state index contributed by atoms with van der Waals surface area (Å²) < 4.78 is 2.32. The number of Topliss-reactive ketones (excluding diaryl/α,β-unsaturated/α-hetero) is 1. The van der Waals surface area contributed by atoms with Gasteiger partial charge in [-0.25, -0.2) is 0 Å². The number of benzene rings is 2. The van der Waals surface area contributed by atoms with Crippen molar-refractivity contribution < 1.29 is 4.79 Å². The zero-order valence-electron chi connectivity index (χ0n) is 13.9. The summed E-state index contributed by atoms with van der Waals surface area (Å²) in [6, 6.07) is 23.0. The van der Waals surface area contributed by atoms with Crippen LogP contribution in [0.4, 0.5) is 0 Å². The largest absolute Gasteiger partial charge is 0.344 e. The van der Waals surface area contributed by atoms with Crippen LogP contribution < -0.4 is 0 Å². The van der Waals surface area contributed by atoms with E-state index < -0.39 is 0 Å². The number of rotatable bonds is 3. The molecule has 3 aromatic rings. The number of nitrogens with zero attached hydrogens (tertiary/aromatic N) is 1. The van der Waals surface area contributed by atoms with Crippen LogP contribution in [0.3, 0.4) is 0 Å². The Balaban J connectivity index is 1.71. The van der Waals surface area contributed by atoms with E-state index in [1.165, 1.54) is 22.5 Å². The maximum absolute atomic E-state index is 12.7. The number of carbonyl (C=O) groups excluding carboxylic acids is 1. The van der Waals surface area contributed by atoms with Crippen LogP contribution in [-0.2, 0) is 13.0 Å². The maximum atomic E-state index is 12.7. The van der Waals surface area contributed by atoms with Crippen molar-refractivity contribution in [2.75, 3.05) is 0 Å². The average molecular weight is 315 g/mol. The maximum Gasteiger partial charge on any atom is 0.165 e. The van der Waals surface area contributed by atoms with Crippen LogP contribution in [0.1, 0.15) is 45.2 Å². The van der Waals surface area contributed by atoms with Gasteiger partial charge in [-0.1, -0.05) is 60.7 Å². The SMILES string of the molecule is Cc1cc2c(n1Cc1ccccc1)CC(c1ccccc1)CC2=O. The molecule has 1 atom stereocenters. The lowest BCUT2D eigenvalue weighted by Gasteiger charge is -2.24. The predicted octanol–water partition coefficient (Wildman–Crippen LogP) is 4.76. The molecule has 0 aliphatic heterocycles. The minimum Gasteiger partial charge on any atom is -0.344 e. The van der Waals surface area contributed by atoms with Gasteiger partial charge in [-0.2, -0.15) is 0 Å². The van der Waals surface area contributed by atoms with E-state index in [0.717, 1.165) is 18.5 Å². The summed E-state index contributed by atoms with van der Waals surface area (Å²) in [5.41, 5.74) is 5.83. The molecule has 1 aliphatic carbocycles. The highest BCUT2D eigenvalue weighted by Gasteiger charge is 2.29. The third-order valence-electron chi connectivity index (χ3n) is 5.04. The number of aromatic nitrogens is 1. The monoisotopic (exact) mass is 315 g/mol. The van der Waals surface area contributed by atoms with Crippen LogP contribution in [0.25, 0.3) is 0 Å². The van der Waals surface area contributed by atoms with Gasteiger partial charge in [0.15, 0.2) is 5.78 Å². The van der Waals surface area contributed by atoms with Crippen LogP contribution >= 0.6 is 0 Å². The number of fused-ring (bicyclic) bond motifs is 1. The molecule has 1 unspecified atom stereocenters. The molecule has 0 saturated heterocycles. The fourth-order valence-electron chi connectivity index (χ4n) is 3.78. The van der Waals surface area contributed by atoms with Gasteiger partial charge in [-0.15, -0.1) is 0 Å². The van der Waals surface area contributed by atoms with Gasteiger partial charge in [0, 0.05) is 29.9 Å². The van der Waals surface area contributed by atoms with Crippen molar-refractivity contribution in [2.24, 2.45) is 0 Å². The van der Waals surface area contributed by atoms with E-state index in [4.69, 9.17) is 0 Å². The highest BCUT2D eigenvalue weighted by Crippen LogP contribution is 2.34. The lowest BCUT2D eigenvalue weighted by atomic mass is 9.82. The highest BCUT2D eigenvalue weighted by molar-refractivity contribution is 5.99. The summed E-state index contributed by atoms with van der Waals surface area (Å²) >= 11 is 0. The molecule has 120 valence electrons. The molecule has 0 bridgehead atoms. The van der Waals surface area contributed by atoms with E-state index in [9.17, 15) is 4.79 Å². The summed E-state index contributed by atoms with van der Waals surface area (Å²) in [5, 5.41) is 0. The average Bonchev–Trinajstić information content (AvgIpc) is 2.93. The van der Waals surface area contributed by atoms with Crippen molar-refractivity contribution in [1.82, 2.24) is 4.57 Å². The third kappa shape index (κ3) is 2.69. The number of ketones is 1. The van der Waals surface area contributed by atoms with Crippen LogP contribution in [0, 0.1) is 6.92 Å². The molecule has 0 amide bonds. The molecular weight excluding hydrogens is 294 g/mol. The second-order valence-electron chi connectivity index (χ2n) is 6.66. The quantitative estimate of drug-likeness (QED) is 0.683. The summed E-state index contributed by atoms with van der Waals surface area (Å²) in [6.45, 7) is 2.93. The van der Waals surface area contributed by atoms with Gasteiger partial charge in [-0.3, -0.25) is 4.79 Å². The Morgan fingerprint density at radius 3 is 2.33 bits per heavy atom. The molecule has 1 aromatic heterocycles. The highest BCUT2D eigenvalue weighted by atomic mass is 16.1. The standard InChI is InChI=1S/C22H21NO/c1-16-12-20-21(23(16)15-17-8-4-2-5-9-17)13-19(14-22(20)24)18-10-6-3-7-11-18/h2-12,19H,13-15H2,1H3. The lowest BCUT2D eigenvalue weighted by Crippen LogP contribution is -2.20. The number of aryl methyl sites for hydroxylation is 1. The van der Waals surface area contributed by atoms with Gasteiger partial charge in [0.1, 0.15) is 0 Å². The van der Waals surface area contributed by atoms with Crippen molar-refractivity contribution >= 4 is 5.78 Å². The Labute approximate surface area is 142 Å². The van der Waals surface area contributed by atoms with E-state index in [0.29, 0.717) is 6.42 Å². The van der Waals surface area contributed by atoms with Crippen molar-refractivity contribution in [1.29, 1.82) is 0 Å². The van der Waals surface area contributed by atoms with E-state index >= 15 is 0 Å². The van der Waals surface area contributed by atoms with Crippen molar-refractivity contribution in [3.63, 3.8) is 0 Å². The Morgan fingerprint density at radius 1 is 0.958 bits per heavy atom. The summed E-state index contributed by atoms with van der Waals surface area (Å²) in [7, 11) is 0. The van der Waals surface area contributed by atoms with Gasteiger partial charge in [0.25, 0.3) is 0 Å². The molecular formula is C22H21NO. The number of hydrogen-bond donors (Lipinski definition) is 0. The van der Waals surface area contributed by atoms with Crippen LogP contribution in [0.2, 0.25) is 0 Å². The molecule has 1 aliphatic rings. The molecule has 0 fully saturated rings. The molecule has 0 saturated carbocycles. The predicted molar refractivity (Wildman–Crippen MR) is 96.5 cm³/mol. The minimum absolute atomic E-state index is 0.278. The molecule has 24 heavy (non-hydrogen) atoms. The molecule has 2 aromatic carbocycles. The molecule has 1 heterocycles. The van der Waals surface area contributed by atoms with E-state index in [-0.39, 0.29) is 11.7 Å². The van der Waals surface area contributed by atoms with Crippen molar-refractivity contribution in [3.8, 4) is 0 Å². The number of carbonyl (C=O) groups is 1. The molecule has 0 spiro atoms. The molecule has 0 radical (unpaired) electrons. The topological polar surface area (TPSA) is 22.0 Å². The van der Waals surface area contributed by atoms with E-state index in [2.05, 4.69) is 66.1 Å². The zero-order chi connectivity index (χ0) is 16.5. The lowest BCUT2D eigenvalue weighted by molar-refractivity contribution is 0.0963. The van der Waals surface area contributed by atoms with Gasteiger partial charge in [0.05, 0.1) is 0 Å².